The molecule has 0 radical (unpaired) electrons. The zero-order valence-corrected chi connectivity index (χ0v) is 43.1. The van der Waals surface area contributed by atoms with Crippen LogP contribution in [0.5, 0.6) is 46.0 Å². The number of para-hydroxylation sites is 8. The normalized spacial score (nSPS) is 20.0. The van der Waals surface area contributed by atoms with Gasteiger partial charge in [0.1, 0.15) is 59.8 Å². The predicted molar refractivity (Wildman–Crippen MR) is 284 cm³/mol. The zero-order chi connectivity index (χ0) is 47.8. The van der Waals surface area contributed by atoms with Gasteiger partial charge in [0, 0.05) is 0 Å². The van der Waals surface area contributed by atoms with Crippen molar-refractivity contribution in [1.82, 2.24) is 0 Å². The fraction of sp³-hybridized carbons (Fsp3) is 0.0400. The van der Waals surface area contributed by atoms with Crippen LogP contribution in [0.1, 0.15) is 0 Å². The van der Waals surface area contributed by atoms with Gasteiger partial charge in [-0.05, 0) is 110 Å². The summed E-state index contributed by atoms with van der Waals surface area (Å²) in [6.07, 6.45) is 0. The lowest BCUT2D eigenvalue weighted by atomic mass is 10.3. The number of hydrogen-bond acceptors (Lipinski definition) is 14. The highest BCUT2D eigenvalue weighted by Crippen LogP contribution is 2.97. The molecule has 0 bridgehead atoms. The van der Waals surface area contributed by atoms with E-state index in [2.05, 4.69) is 0 Å². The van der Waals surface area contributed by atoms with Gasteiger partial charge >= 0.3 is 30.6 Å². The second-order valence-electron chi connectivity index (χ2n) is 15.5. The third-order valence-corrected chi connectivity index (χ3v) is 34.9. The molecule has 0 N–H and O–H groups in total. The first kappa shape index (κ1) is 47.2. The topological polar surface area (TPSA) is 148 Å². The quantitative estimate of drug-likeness (QED) is 0.0819. The highest BCUT2D eigenvalue weighted by Gasteiger charge is 2.53. The number of benzene rings is 8. The van der Waals surface area contributed by atoms with E-state index in [1.165, 1.54) is 0 Å². The maximum Gasteiger partial charge on any atom is 0.455 e. The molecule has 0 saturated carbocycles. The second-order valence-corrected chi connectivity index (χ2v) is 33.2. The lowest BCUT2D eigenvalue weighted by molar-refractivity contribution is 0.457. The van der Waals surface area contributed by atoms with Crippen LogP contribution in [0, 0.1) is 0 Å². The summed E-state index contributed by atoms with van der Waals surface area (Å²) in [6.45, 7) is -3.59. The Bertz CT molecular complexity index is 2840. The van der Waals surface area contributed by atoms with E-state index in [0.717, 1.165) is 0 Å². The first-order chi connectivity index (χ1) is 34.1. The summed E-state index contributed by atoms with van der Waals surface area (Å²) in [5, 5.41) is 0. The zero-order valence-electron chi connectivity index (χ0n) is 37.7. The highest BCUT2D eigenvalue weighted by atomic mass is 32.1. The molecule has 0 amide bonds. The number of nitrogens with zero attached hydrogens (tertiary/aromatic N) is 6. The molecule has 8 aromatic carbocycles. The fourth-order valence-electron chi connectivity index (χ4n) is 6.87. The molecule has 0 aromatic heterocycles. The minimum atomic E-state index is -4.07. The van der Waals surface area contributed by atoms with Crippen molar-refractivity contribution in [2.45, 2.75) is 0 Å². The van der Waals surface area contributed by atoms with Gasteiger partial charge < -0.3 is 36.2 Å². The van der Waals surface area contributed by atoms with Gasteiger partial charge in [0.2, 0.25) is 0 Å². The van der Waals surface area contributed by atoms with Crippen LogP contribution in [0.2, 0.25) is 0 Å². The average Bonchev–Trinajstić information content (AvgIpc) is 3.36. The van der Waals surface area contributed by atoms with E-state index >= 15 is 0 Å². The molecule has 0 fully saturated rings. The molecule has 354 valence electrons. The summed E-state index contributed by atoms with van der Waals surface area (Å²) in [5.74, 6) is 3.48. The molecule has 20 heteroatoms. The van der Waals surface area contributed by atoms with E-state index in [-0.39, 0.29) is 0 Å². The van der Waals surface area contributed by atoms with Crippen LogP contribution in [0.15, 0.2) is 270 Å². The Balaban J connectivity index is 1.35. The average molecular weight is 1040 g/mol. The van der Waals surface area contributed by atoms with Crippen LogP contribution >= 0.6 is 44.4 Å². The van der Waals surface area contributed by atoms with Crippen LogP contribution in [-0.2, 0) is 0 Å². The van der Waals surface area contributed by atoms with Gasteiger partial charge in [-0.15, -0.1) is 0 Å². The lowest BCUT2D eigenvalue weighted by Gasteiger charge is -2.38. The van der Waals surface area contributed by atoms with Crippen LogP contribution < -0.4 is 36.2 Å². The predicted octanol–water partition coefficient (Wildman–Crippen LogP) is 18.8. The van der Waals surface area contributed by atoms with Crippen LogP contribution in [0.3, 0.4) is 0 Å². The summed E-state index contributed by atoms with van der Waals surface area (Å²) in [4.78, 5) is 0. The molecule has 2 aliphatic rings. The lowest BCUT2D eigenvalue weighted by Crippen LogP contribution is -2.09. The molecular weight excluding hydrogens is 998 g/mol. The van der Waals surface area contributed by atoms with Gasteiger partial charge in [-0.3, -0.25) is 0 Å². The van der Waals surface area contributed by atoms with E-state index in [4.69, 9.17) is 63.3 Å². The Morgan fingerprint density at radius 3 is 0.500 bits per heavy atom. The van der Waals surface area contributed by atoms with Crippen molar-refractivity contribution in [2.24, 2.45) is 27.1 Å². The summed E-state index contributed by atoms with van der Waals surface area (Å²) in [7, 11) is -16.3. The van der Waals surface area contributed by atoms with Gasteiger partial charge in [-0.1, -0.05) is 155 Å². The Morgan fingerprint density at radius 2 is 0.343 bits per heavy atom. The molecule has 70 heavy (non-hydrogen) atoms. The van der Waals surface area contributed by atoms with Crippen molar-refractivity contribution in [3.8, 4) is 46.0 Å². The maximum absolute atomic E-state index is 7.09. The number of rotatable bonds is 17. The highest BCUT2D eigenvalue weighted by molar-refractivity contribution is 8.39. The minimum absolute atomic E-state index is 0.435. The second kappa shape index (κ2) is 20.5. The minimum Gasteiger partial charge on any atom is -0.413 e. The molecule has 0 aliphatic carbocycles. The van der Waals surface area contributed by atoms with Crippen molar-refractivity contribution in [3.63, 3.8) is 0 Å². The molecule has 2 aliphatic heterocycles. The Morgan fingerprint density at radius 1 is 0.200 bits per heavy atom. The van der Waals surface area contributed by atoms with Crippen molar-refractivity contribution >= 4 is 44.4 Å². The number of hydrogen-bond donors (Lipinski definition) is 0. The van der Waals surface area contributed by atoms with Crippen LogP contribution in [-0.4, -0.2) is 13.3 Å². The third kappa shape index (κ3) is 11.1. The first-order valence-electron chi connectivity index (χ1n) is 21.9. The van der Waals surface area contributed by atoms with E-state index in [0.29, 0.717) is 46.0 Å². The molecule has 2 unspecified atom stereocenters. The molecule has 0 spiro atoms. The van der Waals surface area contributed by atoms with Gasteiger partial charge in [0.05, 0.1) is 0 Å². The molecule has 2 atom stereocenters. The van der Waals surface area contributed by atoms with E-state index in [9.17, 15) is 0 Å². The summed E-state index contributed by atoms with van der Waals surface area (Å²) in [5.41, 5.74) is 0. The molecule has 0 saturated heterocycles. The largest absolute Gasteiger partial charge is 0.455 e. The summed E-state index contributed by atoms with van der Waals surface area (Å²) >= 11 is 0. The molecule has 8 aromatic rings. The summed E-state index contributed by atoms with van der Waals surface area (Å²) in [6, 6.07) is 74.1. The van der Waals surface area contributed by atoms with E-state index in [1.807, 2.05) is 256 Å². The molecule has 10 rings (SSSR count). The summed E-state index contributed by atoms with van der Waals surface area (Å²) < 4.78 is 90.4. The van der Waals surface area contributed by atoms with Gasteiger partial charge in [0.25, 0.3) is 0 Å². The van der Waals surface area contributed by atoms with E-state index in [1.54, 1.807) is 0 Å². The van der Waals surface area contributed by atoms with Crippen LogP contribution in [0.25, 0.3) is 0 Å². The molecule has 14 nitrogen and oxygen atoms in total. The SMILES string of the molecule is CP1(P2(C)=NP(Oc3ccccc3)(Oc3ccccc3)=NP(Oc3ccccc3)(Oc3ccccc3)=N2)=NP(Oc2ccccc2)(Oc2ccccc2)=NP(Oc2ccccc2)(Oc2ccccc2)=N1. The van der Waals surface area contributed by atoms with Crippen molar-refractivity contribution in [3.05, 3.63) is 243 Å². The van der Waals surface area contributed by atoms with Crippen LogP contribution in [0.4, 0.5) is 0 Å². The Labute approximate surface area is 407 Å². The van der Waals surface area contributed by atoms with E-state index < -0.39 is 44.4 Å². The Kier molecular flexibility index (Phi) is 13.8. The standard InChI is InChI=1S/C50H46N6O8P6/c1-65(51-67(57-43-27-11-3-12-28-43,58-44-29-13-4-14-30-44)55-68(52-65,59-45-31-15-5-16-32-45)60-46-33-17-6-18-34-46)66(2)53-69(61-47-35-19-7-20-36-47,62-48-37-21-8-22-38-48)56-70(54-66,63-49-39-23-9-24-40-49)64-50-41-25-10-26-42-50/h3-42H,1-2H3. The smallest absolute Gasteiger partial charge is 0.413 e. The molecular formula is C50H46N6O8P6. The van der Waals surface area contributed by atoms with Crippen molar-refractivity contribution in [1.29, 1.82) is 0 Å². The van der Waals surface area contributed by atoms with Crippen molar-refractivity contribution in [2.75, 3.05) is 13.3 Å². The van der Waals surface area contributed by atoms with Crippen molar-refractivity contribution < 1.29 is 36.2 Å². The first-order valence-corrected chi connectivity index (χ1v) is 33.0. The monoisotopic (exact) mass is 1040 g/mol. The third-order valence-electron chi connectivity index (χ3n) is 10.0. The van der Waals surface area contributed by atoms with Gasteiger partial charge in [-0.2, -0.15) is 18.1 Å². The maximum atomic E-state index is 7.09. The van der Waals surface area contributed by atoms with Gasteiger partial charge in [-0.25, -0.2) is 0 Å². The fourth-order valence-corrected chi connectivity index (χ4v) is 36.0. The Hall–Kier alpha value is -6.46. The molecule has 2 heterocycles. The van der Waals surface area contributed by atoms with Gasteiger partial charge in [0.15, 0.2) is 0 Å².